The van der Waals surface area contributed by atoms with Gasteiger partial charge in [0.15, 0.2) is 0 Å². The van der Waals surface area contributed by atoms with Crippen molar-refractivity contribution in [2.45, 2.75) is 55.2 Å². The minimum absolute atomic E-state index is 0.0430. The van der Waals surface area contributed by atoms with Crippen LogP contribution in [0.15, 0.2) is 76.6 Å². The van der Waals surface area contributed by atoms with Crippen molar-refractivity contribution in [2.75, 3.05) is 7.11 Å². The lowest BCUT2D eigenvalue weighted by Crippen LogP contribution is -2.39. The van der Waals surface area contributed by atoms with Gasteiger partial charge in [0.25, 0.3) is 5.56 Å². The Morgan fingerprint density at radius 2 is 1.69 bits per heavy atom. The summed E-state index contributed by atoms with van der Waals surface area (Å²) < 4.78 is 78.6. The molecular formula is C32H29F5N2O2S. The smallest absolute Gasteiger partial charge is 0.416 e. The molecule has 0 spiro atoms. The van der Waals surface area contributed by atoms with Gasteiger partial charge in [-0.15, -0.1) is 0 Å². The highest BCUT2D eigenvalue weighted by Gasteiger charge is 2.47. The average Bonchev–Trinajstić information content (AvgIpc) is 3.23. The normalized spacial score (nSPS) is 16.8. The predicted molar refractivity (Wildman–Crippen MR) is 154 cm³/mol. The van der Waals surface area contributed by atoms with Crippen LogP contribution in [0.4, 0.5) is 22.0 Å². The summed E-state index contributed by atoms with van der Waals surface area (Å²) in [7, 11) is 1.40. The van der Waals surface area contributed by atoms with Crippen LogP contribution in [0.3, 0.4) is 0 Å². The zero-order valence-electron chi connectivity index (χ0n) is 23.4. The van der Waals surface area contributed by atoms with Crippen LogP contribution in [-0.4, -0.2) is 16.4 Å². The van der Waals surface area contributed by atoms with Crippen molar-refractivity contribution in [3.8, 4) is 16.9 Å². The van der Waals surface area contributed by atoms with E-state index in [1.54, 1.807) is 6.92 Å². The van der Waals surface area contributed by atoms with Crippen LogP contribution in [0.2, 0.25) is 0 Å². The van der Waals surface area contributed by atoms with Crippen molar-refractivity contribution >= 4 is 11.8 Å². The Kier molecular flexibility index (Phi) is 7.74. The first-order valence-corrected chi connectivity index (χ1v) is 14.0. The number of pyridine rings is 1. The summed E-state index contributed by atoms with van der Waals surface area (Å²) in [6.45, 7) is 5.34. The van der Waals surface area contributed by atoms with E-state index in [2.05, 4.69) is 0 Å². The van der Waals surface area contributed by atoms with Gasteiger partial charge in [0.1, 0.15) is 17.4 Å². The molecule has 0 fully saturated rings. The van der Waals surface area contributed by atoms with Gasteiger partial charge in [-0.2, -0.15) is 13.2 Å². The number of fused-ring (bicyclic) bond motifs is 1. The van der Waals surface area contributed by atoms with E-state index >= 15 is 8.78 Å². The van der Waals surface area contributed by atoms with E-state index in [9.17, 15) is 18.0 Å². The molecule has 2 unspecified atom stereocenters. The topological polar surface area (TPSA) is 57.2 Å². The summed E-state index contributed by atoms with van der Waals surface area (Å²) in [6.07, 6.45) is -5.29. The molecule has 5 rings (SSSR count). The number of hydrogen-bond acceptors (Lipinski definition) is 4. The lowest BCUT2D eigenvalue weighted by atomic mass is 9.88. The van der Waals surface area contributed by atoms with Crippen LogP contribution in [0.1, 0.15) is 53.7 Å². The third-order valence-corrected chi connectivity index (χ3v) is 9.24. The van der Waals surface area contributed by atoms with Gasteiger partial charge in [-0.25, -0.2) is 8.78 Å². The molecule has 10 heteroatoms. The minimum atomic E-state index is -4.81. The number of rotatable bonds is 6. The zero-order valence-corrected chi connectivity index (χ0v) is 24.2. The first-order chi connectivity index (χ1) is 19.8. The third kappa shape index (κ3) is 5.11. The first-order valence-electron chi connectivity index (χ1n) is 13.2. The minimum Gasteiger partial charge on any atom is -0.497 e. The summed E-state index contributed by atoms with van der Waals surface area (Å²) in [5.74, 6) is -1.45. The second kappa shape index (κ2) is 10.9. The Hall–Kier alpha value is -3.63. The van der Waals surface area contributed by atoms with Gasteiger partial charge >= 0.3 is 6.18 Å². The average molecular weight is 601 g/mol. The molecule has 4 nitrogen and oxygen atoms in total. The highest BCUT2D eigenvalue weighted by Crippen LogP contribution is 2.54. The van der Waals surface area contributed by atoms with E-state index < -0.39 is 57.7 Å². The van der Waals surface area contributed by atoms with E-state index in [1.807, 2.05) is 44.2 Å². The Morgan fingerprint density at radius 1 is 1.00 bits per heavy atom. The molecule has 220 valence electrons. The lowest BCUT2D eigenvalue weighted by Gasteiger charge is -2.32. The van der Waals surface area contributed by atoms with Crippen LogP contribution in [0.25, 0.3) is 11.1 Å². The van der Waals surface area contributed by atoms with E-state index in [0.717, 1.165) is 29.8 Å². The molecule has 0 aliphatic carbocycles. The summed E-state index contributed by atoms with van der Waals surface area (Å²) in [6, 6.07) is 14.6. The Labute approximate surface area is 244 Å². The number of ether oxygens (including phenoxy) is 1. The lowest BCUT2D eigenvalue weighted by molar-refractivity contribution is -0.138. The molecule has 0 saturated carbocycles. The zero-order chi connectivity index (χ0) is 30.6. The van der Waals surface area contributed by atoms with E-state index in [-0.39, 0.29) is 22.4 Å². The van der Waals surface area contributed by atoms with Crippen molar-refractivity contribution in [1.82, 2.24) is 4.57 Å². The molecule has 2 atom stereocenters. The highest BCUT2D eigenvalue weighted by atomic mass is 32.2. The van der Waals surface area contributed by atoms with Gasteiger partial charge in [0.05, 0.1) is 35.3 Å². The Morgan fingerprint density at radius 3 is 2.33 bits per heavy atom. The molecule has 2 heterocycles. The number of benzene rings is 3. The predicted octanol–water partition coefficient (Wildman–Crippen LogP) is 7.85. The van der Waals surface area contributed by atoms with Crippen molar-refractivity contribution in [1.29, 1.82) is 0 Å². The second-order valence-electron chi connectivity index (χ2n) is 10.8. The molecule has 4 aromatic rings. The number of aromatic nitrogens is 1. The molecule has 1 aliphatic rings. The summed E-state index contributed by atoms with van der Waals surface area (Å²) in [5, 5.41) is 0.377. The number of thioether (sulfide) groups is 1. The van der Waals surface area contributed by atoms with E-state index in [1.165, 1.54) is 35.6 Å². The van der Waals surface area contributed by atoms with Crippen molar-refractivity contribution in [3.63, 3.8) is 0 Å². The maximum Gasteiger partial charge on any atom is 0.416 e. The Balaban J connectivity index is 1.85. The van der Waals surface area contributed by atoms with Gasteiger partial charge in [-0.05, 0) is 67.8 Å². The molecule has 0 radical (unpaired) electrons. The number of nitrogens with zero attached hydrogens (tertiary/aromatic N) is 1. The maximum absolute atomic E-state index is 15.4. The van der Waals surface area contributed by atoms with Gasteiger partial charge in [-0.1, -0.05) is 48.2 Å². The Bertz CT molecular complexity index is 1720. The molecule has 42 heavy (non-hydrogen) atoms. The van der Waals surface area contributed by atoms with Gasteiger partial charge in [0, 0.05) is 22.3 Å². The molecule has 0 amide bonds. The van der Waals surface area contributed by atoms with Crippen molar-refractivity contribution < 1.29 is 26.7 Å². The monoisotopic (exact) mass is 600 g/mol. The molecule has 0 saturated heterocycles. The number of halogens is 5. The molecule has 1 aromatic heterocycles. The molecule has 3 aromatic carbocycles. The van der Waals surface area contributed by atoms with Crippen LogP contribution in [0.5, 0.6) is 5.75 Å². The van der Waals surface area contributed by atoms with E-state index in [0.29, 0.717) is 10.6 Å². The quantitative estimate of drug-likeness (QED) is 0.229. The van der Waals surface area contributed by atoms with Crippen LogP contribution in [0, 0.1) is 18.6 Å². The van der Waals surface area contributed by atoms with Crippen molar-refractivity contribution in [2.24, 2.45) is 5.73 Å². The summed E-state index contributed by atoms with van der Waals surface area (Å²) >= 11 is 1.29. The number of alkyl halides is 3. The van der Waals surface area contributed by atoms with Crippen LogP contribution in [-0.2, 0) is 12.6 Å². The number of hydrogen-bond donors (Lipinski definition) is 1. The van der Waals surface area contributed by atoms with Crippen molar-refractivity contribution in [3.05, 3.63) is 117 Å². The van der Waals surface area contributed by atoms with Crippen LogP contribution < -0.4 is 16.0 Å². The van der Waals surface area contributed by atoms with Gasteiger partial charge in [0.2, 0.25) is 0 Å². The largest absolute Gasteiger partial charge is 0.497 e. The first kappa shape index (κ1) is 29.8. The molecular weight excluding hydrogens is 571 g/mol. The molecule has 1 aliphatic heterocycles. The van der Waals surface area contributed by atoms with Gasteiger partial charge < -0.3 is 10.5 Å². The third-order valence-electron chi connectivity index (χ3n) is 7.83. The van der Waals surface area contributed by atoms with E-state index in [4.69, 9.17) is 10.5 Å². The fraction of sp³-hybridized carbons (Fsp3) is 0.281. The fourth-order valence-electron chi connectivity index (χ4n) is 5.79. The highest BCUT2D eigenvalue weighted by molar-refractivity contribution is 8.00. The SMILES string of the molecule is COc1ccc(F)c(-c2c(C)c(Cc3c(F)cccc3C(F)(F)F)c3n(c2=O)C(C(N)c2ccccc2)C(C)(C)S3)c1. The second-order valence-corrected chi connectivity index (χ2v) is 12.5. The molecule has 0 bridgehead atoms. The molecule has 2 N–H and O–H groups in total. The summed E-state index contributed by atoms with van der Waals surface area (Å²) in [5.41, 5.74) is 5.77. The summed E-state index contributed by atoms with van der Waals surface area (Å²) in [4.78, 5) is 14.4. The maximum atomic E-state index is 15.4. The standard InChI is InChI=1S/C32H29F5N2O2S/c1-17-20(16-21-23(32(35,36)37)11-8-12-24(21)33)30-39(29(40)26(17)22-15-19(41-4)13-14-25(22)34)28(31(2,3)42-30)27(38)18-9-6-5-7-10-18/h5-15,27-28H,16,38H2,1-4H3. The van der Waals surface area contributed by atoms with Gasteiger partial charge in [-0.3, -0.25) is 9.36 Å². The number of methoxy groups -OCH3 is 1. The van der Waals surface area contributed by atoms with Crippen LogP contribution >= 0.6 is 11.8 Å². The number of nitrogens with two attached hydrogens (primary N) is 1. The fourth-order valence-corrected chi connectivity index (χ4v) is 7.31.